The minimum Gasteiger partial charge on any atom is -0.490 e. The molecule has 156 valence electrons. The van der Waals surface area contributed by atoms with Crippen LogP contribution in [0.1, 0.15) is 32.1 Å². The summed E-state index contributed by atoms with van der Waals surface area (Å²) >= 11 is 0. The van der Waals surface area contributed by atoms with Crippen molar-refractivity contribution in [2.75, 3.05) is 13.7 Å². The number of aliphatic carboxylic acids is 1. The van der Waals surface area contributed by atoms with Gasteiger partial charge in [0, 0.05) is 19.4 Å². The molecule has 0 spiro atoms. The van der Waals surface area contributed by atoms with Crippen LogP contribution in [0.2, 0.25) is 0 Å². The normalized spacial score (nSPS) is 30.4. The molecule has 29 heavy (non-hydrogen) atoms. The van der Waals surface area contributed by atoms with E-state index in [0.29, 0.717) is 25.0 Å². The summed E-state index contributed by atoms with van der Waals surface area (Å²) in [7, 11) is 1.65. The number of carboxylic acids is 1. The van der Waals surface area contributed by atoms with E-state index in [2.05, 4.69) is 11.8 Å². The lowest BCUT2D eigenvalue weighted by molar-refractivity contribution is -0.139. The van der Waals surface area contributed by atoms with E-state index in [1.54, 1.807) is 7.11 Å². The highest BCUT2D eigenvalue weighted by Gasteiger charge is 2.58. The maximum absolute atomic E-state index is 10.8. The van der Waals surface area contributed by atoms with Crippen LogP contribution in [0.25, 0.3) is 0 Å². The summed E-state index contributed by atoms with van der Waals surface area (Å²) in [6.45, 7) is 0.0558. The summed E-state index contributed by atoms with van der Waals surface area (Å²) in [6.07, 6.45) is 2.96. The Hall–Kier alpha value is -2.33. The molecule has 0 amide bonds. The van der Waals surface area contributed by atoms with Gasteiger partial charge in [0.05, 0.1) is 17.6 Å². The third kappa shape index (κ3) is 4.81. The SMILES string of the molecule is CO[C@]12CC[C@@H](O)[C@H](C#C[C@@H](O)COc3ccccc3)[C@H]1CC2=CCCC(=O)O. The van der Waals surface area contributed by atoms with Crippen LogP contribution >= 0.6 is 0 Å². The number of methoxy groups -OCH3 is 1. The van der Waals surface area contributed by atoms with Gasteiger partial charge in [-0.25, -0.2) is 0 Å². The largest absolute Gasteiger partial charge is 0.490 e. The number of aliphatic hydroxyl groups excluding tert-OH is 2. The number of para-hydroxylation sites is 1. The molecule has 3 N–H and O–H groups in total. The number of ether oxygens (including phenoxy) is 2. The van der Waals surface area contributed by atoms with Gasteiger partial charge in [-0.15, -0.1) is 0 Å². The second kappa shape index (κ2) is 9.45. The zero-order valence-electron chi connectivity index (χ0n) is 16.6. The van der Waals surface area contributed by atoms with E-state index in [1.165, 1.54) is 0 Å². The minimum absolute atomic E-state index is 0.0297. The highest BCUT2D eigenvalue weighted by Crippen LogP contribution is 2.56. The highest BCUT2D eigenvalue weighted by molar-refractivity contribution is 5.66. The summed E-state index contributed by atoms with van der Waals surface area (Å²) in [4.78, 5) is 10.8. The average molecular weight is 400 g/mol. The van der Waals surface area contributed by atoms with Gasteiger partial charge < -0.3 is 24.8 Å². The summed E-state index contributed by atoms with van der Waals surface area (Å²) in [6, 6.07) is 9.22. The topological polar surface area (TPSA) is 96.2 Å². The summed E-state index contributed by atoms with van der Waals surface area (Å²) in [5.74, 6) is 5.46. The van der Waals surface area contributed by atoms with Crippen LogP contribution in [0.15, 0.2) is 42.0 Å². The fraction of sp³-hybridized carbons (Fsp3) is 0.522. The standard InChI is InChI=1S/C23H28O6/c1-28-23-13-12-21(25)19(20(23)14-16(23)6-5-9-22(26)27)11-10-17(24)15-29-18-7-3-2-4-8-18/h2-4,6-8,17,19-21,24-25H,5,9,12-15H2,1H3,(H,26,27)/t17-,19-,20-,21-,23+/m1/s1. The molecule has 0 radical (unpaired) electrons. The van der Waals surface area contributed by atoms with Crippen LogP contribution in [0.5, 0.6) is 5.75 Å². The van der Waals surface area contributed by atoms with E-state index in [-0.39, 0.29) is 24.9 Å². The van der Waals surface area contributed by atoms with E-state index in [1.807, 2.05) is 36.4 Å². The first-order chi connectivity index (χ1) is 14.0. The van der Waals surface area contributed by atoms with Crippen molar-refractivity contribution < 1.29 is 29.6 Å². The van der Waals surface area contributed by atoms with Crippen molar-refractivity contribution in [2.24, 2.45) is 11.8 Å². The lowest BCUT2D eigenvalue weighted by atomic mass is 9.53. The van der Waals surface area contributed by atoms with Gasteiger partial charge in [-0.05, 0) is 43.4 Å². The highest BCUT2D eigenvalue weighted by atomic mass is 16.5. The predicted octanol–water partition coefficient (Wildman–Crippen LogP) is 2.40. The van der Waals surface area contributed by atoms with Gasteiger partial charge in [0.2, 0.25) is 0 Å². The first-order valence-corrected chi connectivity index (χ1v) is 9.98. The molecule has 3 rings (SSSR count). The van der Waals surface area contributed by atoms with Crippen molar-refractivity contribution in [1.82, 2.24) is 0 Å². The van der Waals surface area contributed by atoms with Crippen molar-refractivity contribution in [1.29, 1.82) is 0 Å². The molecule has 6 heteroatoms. The van der Waals surface area contributed by atoms with Crippen LogP contribution in [0, 0.1) is 23.7 Å². The molecule has 0 unspecified atom stereocenters. The molecule has 6 nitrogen and oxygen atoms in total. The van der Waals surface area contributed by atoms with E-state index in [4.69, 9.17) is 14.6 Å². The minimum atomic E-state index is -0.952. The first-order valence-electron chi connectivity index (χ1n) is 9.98. The zero-order valence-corrected chi connectivity index (χ0v) is 16.6. The van der Waals surface area contributed by atoms with Crippen LogP contribution in [-0.2, 0) is 9.53 Å². The molecule has 5 atom stereocenters. The van der Waals surface area contributed by atoms with Gasteiger partial charge in [0.1, 0.15) is 18.5 Å². The number of hydrogen-bond acceptors (Lipinski definition) is 5. The Kier molecular flexibility index (Phi) is 6.96. The Morgan fingerprint density at radius 2 is 2.14 bits per heavy atom. The van der Waals surface area contributed by atoms with Gasteiger partial charge in [0.15, 0.2) is 0 Å². The molecule has 0 saturated heterocycles. The second-order valence-corrected chi connectivity index (χ2v) is 7.63. The number of carboxylic acid groups (broad SMARTS) is 1. The molecule has 0 heterocycles. The van der Waals surface area contributed by atoms with E-state index >= 15 is 0 Å². The molecular formula is C23H28O6. The molecule has 2 fully saturated rings. The summed E-state index contributed by atoms with van der Waals surface area (Å²) < 4.78 is 11.4. The van der Waals surface area contributed by atoms with E-state index < -0.39 is 23.8 Å². The fourth-order valence-electron chi connectivity index (χ4n) is 4.39. The number of allylic oxidation sites excluding steroid dienone is 1. The zero-order chi connectivity index (χ0) is 20.9. The molecule has 0 bridgehead atoms. The van der Waals surface area contributed by atoms with Crippen LogP contribution in [0.4, 0.5) is 0 Å². The summed E-state index contributed by atoms with van der Waals surface area (Å²) in [5, 5.41) is 29.5. The molecule has 0 aromatic heterocycles. The maximum atomic E-state index is 10.8. The predicted molar refractivity (Wildman–Crippen MR) is 107 cm³/mol. The molecule has 1 aromatic carbocycles. The summed E-state index contributed by atoms with van der Waals surface area (Å²) in [5.41, 5.74) is 0.612. The second-order valence-electron chi connectivity index (χ2n) is 7.63. The monoisotopic (exact) mass is 400 g/mol. The number of fused-ring (bicyclic) bond motifs is 1. The third-order valence-electron chi connectivity index (χ3n) is 5.92. The van der Waals surface area contributed by atoms with E-state index in [0.717, 1.165) is 12.0 Å². The number of rotatable bonds is 7. The Labute approximate surface area is 171 Å². The van der Waals surface area contributed by atoms with Gasteiger partial charge >= 0.3 is 5.97 Å². The smallest absolute Gasteiger partial charge is 0.303 e. The Balaban J connectivity index is 1.64. The number of carbonyl (C=O) groups is 1. The van der Waals surface area contributed by atoms with Gasteiger partial charge in [-0.2, -0.15) is 0 Å². The fourth-order valence-corrected chi connectivity index (χ4v) is 4.39. The van der Waals surface area contributed by atoms with Gasteiger partial charge in [0.25, 0.3) is 0 Å². The Morgan fingerprint density at radius 3 is 2.83 bits per heavy atom. The molecule has 2 aliphatic rings. The Morgan fingerprint density at radius 1 is 1.38 bits per heavy atom. The van der Waals surface area contributed by atoms with E-state index in [9.17, 15) is 15.0 Å². The molecular weight excluding hydrogens is 372 g/mol. The molecule has 2 aliphatic carbocycles. The number of hydrogen-bond donors (Lipinski definition) is 3. The molecule has 1 aromatic rings. The first kappa shape index (κ1) is 21.4. The quantitative estimate of drug-likeness (QED) is 0.480. The lowest BCUT2D eigenvalue weighted by Crippen LogP contribution is -2.59. The molecule has 2 saturated carbocycles. The van der Waals surface area contributed by atoms with Crippen molar-refractivity contribution in [3.8, 4) is 17.6 Å². The average Bonchev–Trinajstić information content (AvgIpc) is 2.70. The number of aliphatic hydroxyl groups is 2. The lowest BCUT2D eigenvalue weighted by Gasteiger charge is -2.57. The van der Waals surface area contributed by atoms with Crippen molar-refractivity contribution in [3.05, 3.63) is 42.0 Å². The van der Waals surface area contributed by atoms with Crippen LogP contribution in [-0.4, -0.2) is 52.8 Å². The molecule has 0 aliphatic heterocycles. The van der Waals surface area contributed by atoms with Crippen LogP contribution in [0.3, 0.4) is 0 Å². The van der Waals surface area contributed by atoms with Crippen molar-refractivity contribution >= 4 is 5.97 Å². The maximum Gasteiger partial charge on any atom is 0.303 e. The van der Waals surface area contributed by atoms with Gasteiger partial charge in [-0.3, -0.25) is 4.79 Å². The van der Waals surface area contributed by atoms with Crippen molar-refractivity contribution in [2.45, 2.75) is 49.9 Å². The van der Waals surface area contributed by atoms with Crippen LogP contribution < -0.4 is 4.74 Å². The third-order valence-corrected chi connectivity index (χ3v) is 5.92. The van der Waals surface area contributed by atoms with Gasteiger partial charge in [-0.1, -0.05) is 36.1 Å². The van der Waals surface area contributed by atoms with Crippen molar-refractivity contribution in [3.63, 3.8) is 0 Å². The number of benzene rings is 1. The Bertz CT molecular complexity index is 793.